The number of hydrogen-bond donors (Lipinski definition) is 1. The first-order chi connectivity index (χ1) is 8.33. The molecule has 1 aromatic carbocycles. The molecule has 1 unspecified atom stereocenters. The van der Waals surface area contributed by atoms with Gasteiger partial charge in [-0.3, -0.25) is 4.79 Å². The molecular formula is C13H21NO3Si. The second kappa shape index (κ2) is 6.02. The molecule has 1 atom stereocenters. The summed E-state index contributed by atoms with van der Waals surface area (Å²) in [6.07, 6.45) is 0.424. The Morgan fingerprint density at radius 3 is 2.50 bits per heavy atom. The van der Waals surface area contributed by atoms with Gasteiger partial charge in [0.1, 0.15) is 11.8 Å². The molecule has 0 spiro atoms. The lowest BCUT2D eigenvalue weighted by atomic mass is 10.1. The van der Waals surface area contributed by atoms with Gasteiger partial charge in [0.05, 0.1) is 7.11 Å². The van der Waals surface area contributed by atoms with Gasteiger partial charge in [-0.25, -0.2) is 0 Å². The van der Waals surface area contributed by atoms with Gasteiger partial charge in [0.2, 0.25) is 8.32 Å². The zero-order valence-electron chi connectivity index (χ0n) is 11.4. The fourth-order valence-corrected chi connectivity index (χ4v) is 2.43. The zero-order chi connectivity index (χ0) is 13.8. The van der Waals surface area contributed by atoms with Gasteiger partial charge < -0.3 is 14.9 Å². The number of carbonyl (C=O) groups is 1. The Labute approximate surface area is 109 Å². The molecule has 4 nitrogen and oxygen atoms in total. The summed E-state index contributed by atoms with van der Waals surface area (Å²) >= 11 is 0. The van der Waals surface area contributed by atoms with E-state index >= 15 is 0 Å². The van der Waals surface area contributed by atoms with Crippen LogP contribution in [0.5, 0.6) is 5.75 Å². The van der Waals surface area contributed by atoms with E-state index in [1.807, 2.05) is 24.3 Å². The average molecular weight is 267 g/mol. The van der Waals surface area contributed by atoms with Crippen molar-refractivity contribution >= 4 is 14.3 Å². The highest BCUT2D eigenvalue weighted by Gasteiger charge is 2.20. The Hall–Kier alpha value is -1.33. The molecule has 100 valence electrons. The summed E-state index contributed by atoms with van der Waals surface area (Å²) in [6, 6.07) is 7.02. The summed E-state index contributed by atoms with van der Waals surface area (Å²) < 4.78 is 10.6. The lowest BCUT2D eigenvalue weighted by Crippen LogP contribution is -2.34. The van der Waals surface area contributed by atoms with E-state index in [1.165, 1.54) is 7.11 Å². The highest BCUT2D eigenvalue weighted by atomic mass is 28.4. The monoisotopic (exact) mass is 267 g/mol. The molecule has 0 heterocycles. The number of esters is 1. The number of nitrogens with two attached hydrogens (primary N) is 1. The van der Waals surface area contributed by atoms with Crippen molar-refractivity contribution < 1.29 is 14.0 Å². The van der Waals surface area contributed by atoms with Crippen LogP contribution < -0.4 is 10.2 Å². The van der Waals surface area contributed by atoms with Crippen LogP contribution in [0.25, 0.3) is 0 Å². The molecule has 0 radical (unpaired) electrons. The SMILES string of the molecule is COC(=O)C(N)Cc1ccccc1O[Si](C)(C)C. The molecule has 0 fully saturated rings. The second-order valence-corrected chi connectivity index (χ2v) is 9.58. The van der Waals surface area contributed by atoms with Crippen molar-refractivity contribution in [1.82, 2.24) is 0 Å². The third-order valence-corrected chi connectivity index (χ3v) is 3.16. The largest absolute Gasteiger partial charge is 0.544 e. The van der Waals surface area contributed by atoms with Crippen LogP contribution in [0.3, 0.4) is 0 Å². The van der Waals surface area contributed by atoms with Crippen LogP contribution >= 0.6 is 0 Å². The van der Waals surface area contributed by atoms with Gasteiger partial charge in [-0.05, 0) is 31.3 Å². The van der Waals surface area contributed by atoms with Crippen LogP contribution in [0.4, 0.5) is 0 Å². The van der Waals surface area contributed by atoms with Crippen LogP contribution in [0, 0.1) is 0 Å². The van der Waals surface area contributed by atoms with Gasteiger partial charge in [-0.2, -0.15) is 0 Å². The number of hydrogen-bond acceptors (Lipinski definition) is 4. The Balaban J connectivity index is 2.85. The van der Waals surface area contributed by atoms with Gasteiger partial charge in [0.25, 0.3) is 0 Å². The van der Waals surface area contributed by atoms with Gasteiger partial charge in [-0.15, -0.1) is 0 Å². The maximum absolute atomic E-state index is 11.3. The van der Waals surface area contributed by atoms with E-state index in [4.69, 9.17) is 10.2 Å². The normalized spacial score (nSPS) is 12.9. The third kappa shape index (κ3) is 4.50. The van der Waals surface area contributed by atoms with Crippen LogP contribution in [0.1, 0.15) is 5.56 Å². The van der Waals surface area contributed by atoms with Crippen LogP contribution in [-0.2, 0) is 16.0 Å². The van der Waals surface area contributed by atoms with Crippen LogP contribution in [0.2, 0.25) is 19.6 Å². The molecule has 1 rings (SSSR count). The summed E-state index contributed by atoms with van der Waals surface area (Å²) in [6.45, 7) is 6.35. The number of benzene rings is 1. The van der Waals surface area contributed by atoms with Crippen LogP contribution in [-0.4, -0.2) is 27.4 Å². The minimum atomic E-state index is -1.67. The highest BCUT2D eigenvalue weighted by Crippen LogP contribution is 2.22. The van der Waals surface area contributed by atoms with Crippen molar-refractivity contribution in [2.45, 2.75) is 32.1 Å². The lowest BCUT2D eigenvalue weighted by Gasteiger charge is -2.22. The molecule has 0 saturated carbocycles. The molecular weight excluding hydrogens is 246 g/mol. The van der Waals surface area contributed by atoms with Crippen molar-refractivity contribution in [2.24, 2.45) is 5.73 Å². The van der Waals surface area contributed by atoms with E-state index in [0.717, 1.165) is 11.3 Å². The standard InChI is InChI=1S/C13H21NO3Si/c1-16-13(15)11(14)9-10-7-5-6-8-12(10)17-18(2,3)4/h5-8,11H,9,14H2,1-4H3. The van der Waals surface area contributed by atoms with E-state index in [0.29, 0.717) is 6.42 Å². The molecule has 0 aliphatic rings. The third-order valence-electron chi connectivity index (χ3n) is 2.33. The van der Waals surface area contributed by atoms with Crippen molar-refractivity contribution in [2.75, 3.05) is 7.11 Å². The summed E-state index contributed by atoms with van der Waals surface area (Å²) in [5, 5.41) is 0. The molecule has 0 amide bonds. The van der Waals surface area contributed by atoms with Crippen molar-refractivity contribution in [3.63, 3.8) is 0 Å². The van der Waals surface area contributed by atoms with E-state index in [1.54, 1.807) is 0 Å². The number of para-hydroxylation sites is 1. The predicted octanol–water partition coefficient (Wildman–Crippen LogP) is 1.94. The highest BCUT2D eigenvalue weighted by molar-refractivity contribution is 6.70. The Morgan fingerprint density at radius 2 is 1.94 bits per heavy atom. The molecule has 0 aliphatic heterocycles. The number of ether oxygens (including phenoxy) is 1. The number of carbonyl (C=O) groups excluding carboxylic acids is 1. The number of rotatable bonds is 5. The molecule has 1 aromatic rings. The average Bonchev–Trinajstić information content (AvgIpc) is 2.28. The molecule has 0 aromatic heterocycles. The Bertz CT molecular complexity index is 415. The van der Waals surface area contributed by atoms with Crippen molar-refractivity contribution in [3.8, 4) is 5.75 Å². The molecule has 0 aliphatic carbocycles. The molecule has 18 heavy (non-hydrogen) atoms. The number of methoxy groups -OCH3 is 1. The molecule has 0 bridgehead atoms. The van der Waals surface area contributed by atoms with Crippen LogP contribution in [0.15, 0.2) is 24.3 Å². The van der Waals surface area contributed by atoms with Gasteiger partial charge in [0, 0.05) is 6.42 Å². The van der Waals surface area contributed by atoms with E-state index in [-0.39, 0.29) is 0 Å². The first-order valence-corrected chi connectivity index (χ1v) is 9.34. The summed E-state index contributed by atoms with van der Waals surface area (Å²) in [7, 11) is -0.333. The van der Waals surface area contributed by atoms with Gasteiger partial charge in [0.15, 0.2) is 0 Å². The minimum absolute atomic E-state index is 0.405. The molecule has 5 heteroatoms. The topological polar surface area (TPSA) is 61.5 Å². The summed E-state index contributed by atoms with van der Waals surface area (Å²) in [5.41, 5.74) is 6.72. The van der Waals surface area contributed by atoms with Crippen molar-refractivity contribution in [1.29, 1.82) is 0 Å². The van der Waals surface area contributed by atoms with Gasteiger partial charge in [-0.1, -0.05) is 18.2 Å². The maximum atomic E-state index is 11.3. The van der Waals surface area contributed by atoms with Crippen molar-refractivity contribution in [3.05, 3.63) is 29.8 Å². The summed E-state index contributed by atoms with van der Waals surface area (Å²) in [4.78, 5) is 11.3. The first-order valence-electron chi connectivity index (χ1n) is 5.94. The predicted molar refractivity (Wildman–Crippen MR) is 74.1 cm³/mol. The lowest BCUT2D eigenvalue weighted by molar-refractivity contribution is -0.142. The smallest absolute Gasteiger partial charge is 0.322 e. The van der Waals surface area contributed by atoms with E-state index in [9.17, 15) is 4.79 Å². The minimum Gasteiger partial charge on any atom is -0.544 e. The Morgan fingerprint density at radius 1 is 1.33 bits per heavy atom. The zero-order valence-corrected chi connectivity index (χ0v) is 12.4. The quantitative estimate of drug-likeness (QED) is 0.654. The van der Waals surface area contributed by atoms with E-state index < -0.39 is 20.3 Å². The maximum Gasteiger partial charge on any atom is 0.322 e. The first kappa shape index (κ1) is 14.7. The molecule has 2 N–H and O–H groups in total. The molecule has 0 saturated heterocycles. The van der Waals surface area contributed by atoms with Gasteiger partial charge >= 0.3 is 5.97 Å². The fraction of sp³-hybridized carbons (Fsp3) is 0.462. The second-order valence-electron chi connectivity index (χ2n) is 5.16. The Kier molecular flexibility index (Phi) is 4.92. The van der Waals surface area contributed by atoms with E-state index in [2.05, 4.69) is 24.4 Å². The summed E-state index contributed by atoms with van der Waals surface area (Å²) in [5.74, 6) is 0.411. The fourth-order valence-electron chi connectivity index (χ4n) is 1.57.